The van der Waals surface area contributed by atoms with Gasteiger partial charge in [-0.3, -0.25) is 14.9 Å². The molecule has 4 aliphatic rings. The molecule has 4 fully saturated rings. The number of halogens is 1. The molecule has 2 bridgehead atoms. The van der Waals surface area contributed by atoms with Gasteiger partial charge in [0.15, 0.2) is 12.6 Å². The van der Waals surface area contributed by atoms with Crippen LogP contribution in [0.25, 0.3) is 0 Å². The molecule has 34 heavy (non-hydrogen) atoms. The fraction of sp³-hybridized carbons (Fsp3) is 0.600. The van der Waals surface area contributed by atoms with E-state index in [1.807, 2.05) is 18.2 Å². The third-order valence-corrected chi connectivity index (χ3v) is 8.64. The number of anilines is 1. The lowest BCUT2D eigenvalue weighted by Gasteiger charge is -2.52. The van der Waals surface area contributed by atoms with E-state index in [9.17, 15) is 9.59 Å². The molecule has 3 saturated heterocycles. The molecule has 1 aliphatic carbocycles. The number of esters is 1. The molecule has 1 N–H and O–H groups in total. The molecule has 1 amide bonds. The minimum absolute atomic E-state index is 0. The smallest absolute Gasteiger partial charge is 0.317 e. The topological polar surface area (TPSA) is 81.2 Å². The third kappa shape index (κ3) is 5.14. The number of nitrogens with zero attached hydrogens (tertiary/aromatic N) is 3. The molecule has 4 heterocycles. The Labute approximate surface area is 211 Å². The number of aromatic nitrogens is 2. The number of fused-ring (bicyclic) bond motifs is 3. The number of nitrogens with one attached hydrogen (secondary N) is 1. The monoisotopic (exact) mass is 504 g/mol. The van der Waals surface area contributed by atoms with Gasteiger partial charge in [-0.25, -0.2) is 4.98 Å². The molecule has 1 unspecified atom stereocenters. The Kier molecular flexibility index (Phi) is 7.90. The maximum atomic E-state index is 13.8. The number of piperidine rings is 3. The number of rotatable bonds is 6. The van der Waals surface area contributed by atoms with Crippen molar-refractivity contribution >= 4 is 28.5 Å². The standard InChI is InChI=1S/C25H32N4O3S.ClH/c30-22(28-24-26-18-27-33-24)17-29-14-10-19(11-15-29)21(16-29)32-23(31)25(12-6-1-2-7-13-25)20-8-4-3-5-9-20;/h3-5,8-9,18-19,21H,1-2,6-7,10-17H2;1H. The van der Waals surface area contributed by atoms with Gasteiger partial charge in [0.1, 0.15) is 12.9 Å². The van der Waals surface area contributed by atoms with Crippen molar-refractivity contribution in [3.63, 3.8) is 0 Å². The molecule has 1 aromatic heterocycles. The Bertz CT molecular complexity index is 956. The Hall–Kier alpha value is -2.03. The average Bonchev–Trinajstić information content (AvgIpc) is 3.20. The number of carbonyl (C=O) groups is 2. The number of carbonyl (C=O) groups excluding carboxylic acids is 2. The summed E-state index contributed by atoms with van der Waals surface area (Å²) in [5.74, 6) is 0.311. The molecule has 0 spiro atoms. The minimum Gasteiger partial charge on any atom is -1.00 e. The van der Waals surface area contributed by atoms with Crippen molar-refractivity contribution in [2.75, 3.05) is 31.5 Å². The summed E-state index contributed by atoms with van der Waals surface area (Å²) >= 11 is 1.18. The summed E-state index contributed by atoms with van der Waals surface area (Å²) < 4.78 is 11.0. The van der Waals surface area contributed by atoms with Crippen LogP contribution in [0.15, 0.2) is 36.7 Å². The molecule has 1 atom stereocenters. The van der Waals surface area contributed by atoms with Crippen LogP contribution < -0.4 is 17.7 Å². The third-order valence-electron chi connectivity index (χ3n) is 8.06. The molecule has 9 heteroatoms. The van der Waals surface area contributed by atoms with Crippen molar-refractivity contribution in [1.29, 1.82) is 0 Å². The average molecular weight is 505 g/mol. The SMILES string of the molecule is O=C(C[N+]12CCC(CC1)C(OC(=O)C1(c3ccccc3)CCCCCC1)C2)Nc1ncns1.[Cl-]. The Morgan fingerprint density at radius 2 is 1.79 bits per heavy atom. The van der Waals surface area contributed by atoms with Crippen LogP contribution in [-0.2, 0) is 19.7 Å². The van der Waals surface area contributed by atoms with Crippen LogP contribution >= 0.6 is 11.5 Å². The fourth-order valence-electron chi connectivity index (χ4n) is 6.22. The maximum absolute atomic E-state index is 13.8. The number of amides is 1. The number of benzene rings is 1. The number of quaternary nitrogens is 1. The van der Waals surface area contributed by atoms with Gasteiger partial charge >= 0.3 is 5.97 Å². The van der Waals surface area contributed by atoms with Crippen LogP contribution in [0.3, 0.4) is 0 Å². The van der Waals surface area contributed by atoms with Crippen molar-refractivity contribution < 1.29 is 31.2 Å². The van der Waals surface area contributed by atoms with E-state index in [1.54, 1.807) is 0 Å². The van der Waals surface area contributed by atoms with E-state index in [0.717, 1.165) is 63.7 Å². The Balaban J connectivity index is 0.00000274. The van der Waals surface area contributed by atoms with Gasteiger partial charge in [0.2, 0.25) is 5.13 Å². The summed E-state index contributed by atoms with van der Waals surface area (Å²) in [5, 5.41) is 3.40. The van der Waals surface area contributed by atoms with E-state index in [1.165, 1.54) is 30.7 Å². The zero-order valence-corrected chi connectivity index (χ0v) is 21.0. The first-order valence-corrected chi connectivity index (χ1v) is 13.0. The summed E-state index contributed by atoms with van der Waals surface area (Å²) in [4.78, 5) is 30.6. The van der Waals surface area contributed by atoms with E-state index in [-0.39, 0.29) is 30.4 Å². The van der Waals surface area contributed by atoms with Gasteiger partial charge in [-0.2, -0.15) is 4.37 Å². The highest BCUT2D eigenvalue weighted by atomic mass is 35.5. The van der Waals surface area contributed by atoms with Crippen molar-refractivity contribution in [3.8, 4) is 0 Å². The Morgan fingerprint density at radius 1 is 1.09 bits per heavy atom. The Morgan fingerprint density at radius 3 is 2.44 bits per heavy atom. The first kappa shape index (κ1) is 25.1. The minimum atomic E-state index is -0.538. The van der Waals surface area contributed by atoms with Crippen molar-refractivity contribution in [3.05, 3.63) is 42.2 Å². The first-order valence-electron chi connectivity index (χ1n) is 12.3. The molecule has 2 aromatic rings. The quantitative estimate of drug-likeness (QED) is 0.359. The van der Waals surface area contributed by atoms with Crippen LogP contribution in [0.5, 0.6) is 0 Å². The maximum Gasteiger partial charge on any atom is 0.317 e. The lowest BCUT2D eigenvalue weighted by molar-refractivity contribution is -0.939. The summed E-state index contributed by atoms with van der Waals surface area (Å²) in [5.41, 5.74) is 0.558. The van der Waals surface area contributed by atoms with Crippen LogP contribution in [0.1, 0.15) is 56.9 Å². The summed E-state index contributed by atoms with van der Waals surface area (Å²) in [6.45, 7) is 3.05. The number of hydrogen-bond acceptors (Lipinski definition) is 6. The lowest BCUT2D eigenvalue weighted by atomic mass is 9.74. The van der Waals surface area contributed by atoms with E-state index in [0.29, 0.717) is 22.1 Å². The molecule has 184 valence electrons. The summed E-state index contributed by atoms with van der Waals surface area (Å²) in [6.07, 6.45) is 9.53. The molecule has 1 aromatic carbocycles. The van der Waals surface area contributed by atoms with Gasteiger partial charge in [0, 0.05) is 30.3 Å². The highest BCUT2D eigenvalue weighted by molar-refractivity contribution is 7.09. The van der Waals surface area contributed by atoms with Crippen LogP contribution in [-0.4, -0.2) is 58.0 Å². The second-order valence-electron chi connectivity index (χ2n) is 10.1. The molecule has 1 saturated carbocycles. The first-order chi connectivity index (χ1) is 16.1. The lowest BCUT2D eigenvalue weighted by Crippen LogP contribution is -3.00. The van der Waals surface area contributed by atoms with Gasteiger partial charge in [-0.15, -0.1) is 0 Å². The van der Waals surface area contributed by atoms with Crippen LogP contribution in [0.2, 0.25) is 0 Å². The molecular formula is C25H33ClN4O3S. The van der Waals surface area contributed by atoms with Crippen molar-refractivity contribution in [2.45, 2.75) is 62.9 Å². The fourth-order valence-corrected chi connectivity index (χ4v) is 6.67. The molecular weight excluding hydrogens is 472 g/mol. The van der Waals surface area contributed by atoms with E-state index in [2.05, 4.69) is 26.8 Å². The van der Waals surface area contributed by atoms with E-state index < -0.39 is 5.41 Å². The summed E-state index contributed by atoms with van der Waals surface area (Å²) in [6, 6.07) is 10.2. The van der Waals surface area contributed by atoms with E-state index >= 15 is 0 Å². The largest absolute Gasteiger partial charge is 1.00 e. The van der Waals surface area contributed by atoms with Gasteiger partial charge in [0.25, 0.3) is 5.91 Å². The highest BCUT2D eigenvalue weighted by Crippen LogP contribution is 2.42. The molecule has 7 nitrogen and oxygen atoms in total. The predicted octanol–water partition coefficient (Wildman–Crippen LogP) is 0.925. The zero-order valence-electron chi connectivity index (χ0n) is 19.5. The normalized spacial score (nSPS) is 27.8. The van der Waals surface area contributed by atoms with Gasteiger partial charge < -0.3 is 21.6 Å². The van der Waals surface area contributed by atoms with E-state index in [4.69, 9.17) is 4.74 Å². The molecule has 0 radical (unpaired) electrons. The second kappa shape index (κ2) is 10.7. The molecule has 3 aliphatic heterocycles. The second-order valence-corrected chi connectivity index (χ2v) is 10.8. The highest BCUT2D eigenvalue weighted by Gasteiger charge is 2.51. The van der Waals surface area contributed by atoms with Crippen LogP contribution in [0.4, 0.5) is 5.13 Å². The van der Waals surface area contributed by atoms with Gasteiger partial charge in [0.05, 0.1) is 18.5 Å². The van der Waals surface area contributed by atoms with Crippen LogP contribution in [0, 0.1) is 5.92 Å². The molecule has 6 rings (SSSR count). The zero-order chi connectivity index (χ0) is 22.7. The predicted molar refractivity (Wildman–Crippen MR) is 127 cm³/mol. The number of hydrogen-bond donors (Lipinski definition) is 1. The van der Waals surface area contributed by atoms with Gasteiger partial charge in [-0.1, -0.05) is 56.0 Å². The van der Waals surface area contributed by atoms with Crippen molar-refractivity contribution in [2.24, 2.45) is 5.92 Å². The summed E-state index contributed by atoms with van der Waals surface area (Å²) in [7, 11) is 0. The van der Waals surface area contributed by atoms with Gasteiger partial charge in [-0.05, 0) is 18.4 Å². The van der Waals surface area contributed by atoms with Crippen molar-refractivity contribution in [1.82, 2.24) is 9.36 Å². The number of ether oxygens (including phenoxy) is 1.